The number of ether oxygens (including phenoxy) is 1. The lowest BCUT2D eigenvalue weighted by atomic mass is 10.3. The smallest absolute Gasteiger partial charge is 0.341 e. The second-order valence-electron chi connectivity index (χ2n) is 4.64. The van der Waals surface area contributed by atoms with Crippen molar-refractivity contribution in [1.82, 2.24) is 4.73 Å². The van der Waals surface area contributed by atoms with Crippen molar-refractivity contribution in [3.05, 3.63) is 58.5 Å². The number of rotatable bonds is 7. The Bertz CT molecular complexity index is 782. The van der Waals surface area contributed by atoms with Gasteiger partial charge < -0.3 is 20.0 Å². The summed E-state index contributed by atoms with van der Waals surface area (Å²) in [5.41, 5.74) is -0.748. The number of nitrogens with zero attached hydrogens (tertiary/aromatic N) is 1. The van der Waals surface area contributed by atoms with Crippen LogP contribution in [0, 0.1) is 0 Å². The van der Waals surface area contributed by atoms with E-state index in [0.717, 1.165) is 6.07 Å². The van der Waals surface area contributed by atoms with Crippen LogP contribution in [0.5, 0.6) is 5.75 Å². The van der Waals surface area contributed by atoms with Gasteiger partial charge in [0.15, 0.2) is 6.61 Å². The van der Waals surface area contributed by atoms with Gasteiger partial charge in [-0.25, -0.2) is 4.79 Å². The lowest BCUT2D eigenvalue weighted by molar-refractivity contribution is -0.120. The molecule has 0 unspecified atom stereocenters. The second-order valence-corrected chi connectivity index (χ2v) is 4.64. The Morgan fingerprint density at radius 2 is 1.92 bits per heavy atom. The molecule has 0 saturated heterocycles. The number of pyridine rings is 1. The Balaban J connectivity index is 1.95. The van der Waals surface area contributed by atoms with Crippen LogP contribution in [0.3, 0.4) is 0 Å². The fourth-order valence-electron chi connectivity index (χ4n) is 1.87. The molecule has 0 aliphatic heterocycles. The third-order valence-corrected chi connectivity index (χ3v) is 2.93. The normalized spacial score (nSPS) is 10.0. The zero-order valence-corrected chi connectivity index (χ0v) is 12.9. The van der Waals surface area contributed by atoms with E-state index in [4.69, 9.17) is 14.7 Å². The molecule has 2 rings (SSSR count). The van der Waals surface area contributed by atoms with Gasteiger partial charge in [0.05, 0.1) is 6.61 Å². The van der Waals surface area contributed by atoms with E-state index in [-0.39, 0.29) is 0 Å². The highest BCUT2D eigenvalue weighted by Gasteiger charge is 2.11. The molecule has 2 N–H and O–H groups in total. The van der Waals surface area contributed by atoms with E-state index >= 15 is 0 Å². The summed E-state index contributed by atoms with van der Waals surface area (Å²) < 4.78 is 6.00. The maximum atomic E-state index is 11.8. The second kappa shape index (κ2) is 7.82. The van der Waals surface area contributed by atoms with Crippen LogP contribution in [0.25, 0.3) is 0 Å². The summed E-state index contributed by atoms with van der Waals surface area (Å²) in [5.74, 6) is -1.17. The molecule has 1 amide bonds. The molecule has 24 heavy (non-hydrogen) atoms. The van der Waals surface area contributed by atoms with Gasteiger partial charge in [0, 0.05) is 11.9 Å². The van der Waals surface area contributed by atoms with Crippen molar-refractivity contribution in [2.75, 3.05) is 18.5 Å². The molecule has 0 radical (unpaired) electrons. The predicted molar refractivity (Wildman–Crippen MR) is 85.3 cm³/mol. The third kappa shape index (κ3) is 4.35. The summed E-state index contributed by atoms with van der Waals surface area (Å²) in [5, 5.41) is 11.5. The molecule has 0 bridgehead atoms. The van der Waals surface area contributed by atoms with Crippen LogP contribution < -0.4 is 20.5 Å². The van der Waals surface area contributed by atoms with E-state index in [2.05, 4.69) is 5.32 Å². The Hall–Kier alpha value is -3.29. The van der Waals surface area contributed by atoms with E-state index < -0.39 is 29.6 Å². The molecular formula is C16H16N2O6. The van der Waals surface area contributed by atoms with Crippen molar-refractivity contribution in [3.63, 3.8) is 0 Å². The molecule has 1 aromatic heterocycles. The number of amides is 1. The first-order valence-corrected chi connectivity index (χ1v) is 7.12. The monoisotopic (exact) mass is 332 g/mol. The van der Waals surface area contributed by atoms with Crippen LogP contribution >= 0.6 is 0 Å². The van der Waals surface area contributed by atoms with Crippen molar-refractivity contribution in [2.24, 2.45) is 0 Å². The Labute approximate surface area is 137 Å². The zero-order chi connectivity index (χ0) is 17.5. The minimum absolute atomic E-state index is 0.440. The van der Waals surface area contributed by atoms with Gasteiger partial charge in [0.25, 0.3) is 11.5 Å². The van der Waals surface area contributed by atoms with Gasteiger partial charge in [-0.3, -0.25) is 9.59 Å². The van der Waals surface area contributed by atoms with Crippen LogP contribution in [0.1, 0.15) is 17.3 Å². The predicted octanol–water partition coefficient (Wildman–Crippen LogP) is 1.01. The number of benzene rings is 1. The molecule has 0 aliphatic rings. The summed E-state index contributed by atoms with van der Waals surface area (Å²) in [6, 6.07) is 9.25. The average Bonchev–Trinajstić information content (AvgIpc) is 2.55. The molecule has 1 heterocycles. The summed E-state index contributed by atoms with van der Waals surface area (Å²) in [6.45, 7) is 1.97. The Morgan fingerprint density at radius 3 is 2.54 bits per heavy atom. The van der Waals surface area contributed by atoms with Gasteiger partial charge in [-0.05, 0) is 43.3 Å². The van der Waals surface area contributed by atoms with Crippen LogP contribution in [-0.2, 0) is 4.79 Å². The zero-order valence-electron chi connectivity index (χ0n) is 12.9. The van der Waals surface area contributed by atoms with Crippen LogP contribution in [0.15, 0.2) is 47.4 Å². The molecule has 0 fully saturated rings. The van der Waals surface area contributed by atoms with Crippen molar-refractivity contribution < 1.29 is 24.3 Å². The number of aromatic nitrogens is 1. The number of carbonyl (C=O) groups excluding carboxylic acids is 1. The lowest BCUT2D eigenvalue weighted by Crippen LogP contribution is -2.34. The van der Waals surface area contributed by atoms with Gasteiger partial charge in [0.2, 0.25) is 0 Å². The van der Waals surface area contributed by atoms with E-state index in [1.807, 2.05) is 6.92 Å². The number of hydrogen-bond donors (Lipinski definition) is 2. The molecule has 126 valence electrons. The summed E-state index contributed by atoms with van der Waals surface area (Å²) in [6.07, 6.45) is 1.24. The minimum Gasteiger partial charge on any atom is -0.494 e. The topological polar surface area (TPSA) is 107 Å². The largest absolute Gasteiger partial charge is 0.494 e. The summed E-state index contributed by atoms with van der Waals surface area (Å²) >= 11 is 0. The summed E-state index contributed by atoms with van der Waals surface area (Å²) in [4.78, 5) is 39.5. The highest BCUT2D eigenvalue weighted by atomic mass is 16.7. The van der Waals surface area contributed by atoms with E-state index in [0.29, 0.717) is 22.8 Å². The highest BCUT2D eigenvalue weighted by molar-refractivity contribution is 5.91. The fourth-order valence-corrected chi connectivity index (χ4v) is 1.87. The van der Waals surface area contributed by atoms with Crippen molar-refractivity contribution >= 4 is 17.6 Å². The SMILES string of the molecule is CCOc1ccc(NC(=O)COn2cccc(C(=O)O)c2=O)cc1. The average molecular weight is 332 g/mol. The third-order valence-electron chi connectivity index (χ3n) is 2.93. The van der Waals surface area contributed by atoms with Crippen LogP contribution in [0.2, 0.25) is 0 Å². The standard InChI is InChI=1S/C16H16N2O6/c1-2-23-12-7-5-11(6-8-12)17-14(19)10-24-18-9-3-4-13(15(18)20)16(21)22/h3-9H,2,10H2,1H3,(H,17,19)(H,21,22). The number of hydrogen-bond acceptors (Lipinski definition) is 5. The van der Waals surface area contributed by atoms with E-state index in [1.165, 1.54) is 12.3 Å². The number of nitrogens with one attached hydrogen (secondary N) is 1. The van der Waals surface area contributed by atoms with Crippen LogP contribution in [-0.4, -0.2) is 34.9 Å². The molecular weight excluding hydrogens is 316 g/mol. The molecule has 0 aliphatic carbocycles. The summed E-state index contributed by atoms with van der Waals surface area (Å²) in [7, 11) is 0. The maximum absolute atomic E-state index is 11.8. The van der Waals surface area contributed by atoms with Crippen molar-refractivity contribution in [1.29, 1.82) is 0 Å². The van der Waals surface area contributed by atoms with Gasteiger partial charge >= 0.3 is 5.97 Å². The first-order valence-electron chi connectivity index (χ1n) is 7.12. The van der Waals surface area contributed by atoms with Gasteiger partial charge in [0.1, 0.15) is 11.3 Å². The quantitative estimate of drug-likeness (QED) is 0.784. The molecule has 8 nitrogen and oxygen atoms in total. The van der Waals surface area contributed by atoms with Gasteiger partial charge in [-0.2, -0.15) is 4.73 Å². The molecule has 1 aromatic carbocycles. The van der Waals surface area contributed by atoms with Crippen molar-refractivity contribution in [2.45, 2.75) is 6.92 Å². The Morgan fingerprint density at radius 1 is 1.21 bits per heavy atom. The van der Waals surface area contributed by atoms with Crippen LogP contribution in [0.4, 0.5) is 5.69 Å². The molecule has 2 aromatic rings. The number of anilines is 1. The fraction of sp³-hybridized carbons (Fsp3) is 0.188. The number of aromatic carboxylic acids is 1. The number of carboxylic acid groups (broad SMARTS) is 1. The van der Waals surface area contributed by atoms with Gasteiger partial charge in [-0.15, -0.1) is 0 Å². The lowest BCUT2D eigenvalue weighted by Gasteiger charge is -2.10. The highest BCUT2D eigenvalue weighted by Crippen LogP contribution is 2.15. The Kier molecular flexibility index (Phi) is 5.56. The molecule has 0 saturated carbocycles. The maximum Gasteiger partial charge on any atom is 0.341 e. The first kappa shape index (κ1) is 17.1. The van der Waals surface area contributed by atoms with Crippen molar-refractivity contribution in [3.8, 4) is 5.75 Å². The molecule has 8 heteroatoms. The number of carbonyl (C=O) groups is 2. The minimum atomic E-state index is -1.36. The van der Waals surface area contributed by atoms with Gasteiger partial charge in [-0.1, -0.05) is 0 Å². The number of carboxylic acids is 1. The first-order chi connectivity index (χ1) is 11.5. The van der Waals surface area contributed by atoms with E-state index in [9.17, 15) is 14.4 Å². The molecule has 0 spiro atoms. The van der Waals surface area contributed by atoms with E-state index in [1.54, 1.807) is 24.3 Å². The molecule has 0 atom stereocenters.